The third-order valence-corrected chi connectivity index (χ3v) is 27.1. The van der Waals surface area contributed by atoms with E-state index in [0.717, 1.165) is 101 Å². The molecule has 10 nitrogen and oxygen atoms in total. The van der Waals surface area contributed by atoms with Crippen LogP contribution in [0.3, 0.4) is 0 Å². The number of hydrogen-bond acceptors (Lipinski definition) is 7. The van der Waals surface area contributed by atoms with E-state index in [9.17, 15) is 0 Å². The lowest BCUT2D eigenvalue weighted by Crippen LogP contribution is -2.00. The van der Waals surface area contributed by atoms with E-state index in [2.05, 4.69) is 460 Å². The minimum Gasteiger partial charge on any atom is -0.309 e. The summed E-state index contributed by atoms with van der Waals surface area (Å²) in [6.07, 6.45) is 7.23. The minimum atomic E-state index is 0.617. The van der Waals surface area contributed by atoms with Crippen molar-refractivity contribution in [1.82, 2.24) is 48.6 Å². The summed E-state index contributed by atoms with van der Waals surface area (Å²) < 4.78 is 7.25. The Morgan fingerprint density at radius 2 is 0.423 bits per heavy atom. The van der Waals surface area contributed by atoms with Crippen molar-refractivity contribution in [3.8, 4) is 141 Å². The van der Waals surface area contributed by atoms with E-state index in [1.165, 1.54) is 142 Å². The van der Waals surface area contributed by atoms with Gasteiger partial charge in [-0.05, 0) is 209 Å². The van der Waals surface area contributed by atoms with Crippen LogP contribution in [0.25, 0.3) is 260 Å². The summed E-state index contributed by atoms with van der Waals surface area (Å²) in [5.74, 6) is 1.85. The van der Waals surface area contributed by atoms with E-state index in [1.807, 2.05) is 49.1 Å². The van der Waals surface area contributed by atoms with Gasteiger partial charge in [0.2, 0.25) is 0 Å². The van der Waals surface area contributed by atoms with Crippen LogP contribution in [-0.2, 0) is 0 Å². The fourth-order valence-corrected chi connectivity index (χ4v) is 20.7. The molecule has 0 unspecified atom stereocenters. The van der Waals surface area contributed by atoms with Gasteiger partial charge in [-0.2, -0.15) is 0 Å². The highest BCUT2D eigenvalue weighted by molar-refractivity contribution is 6.27. The number of benzene rings is 20. The Balaban J connectivity index is 0.000000107. The highest BCUT2D eigenvalue weighted by Gasteiger charge is 2.25. The fourth-order valence-electron chi connectivity index (χ4n) is 20.7. The van der Waals surface area contributed by atoms with E-state index in [-0.39, 0.29) is 0 Å². The number of aromatic nitrogens is 10. The van der Waals surface area contributed by atoms with Gasteiger partial charge in [-0.25, -0.2) is 24.9 Å². The van der Waals surface area contributed by atoms with Gasteiger partial charge in [-0.1, -0.05) is 340 Å². The van der Waals surface area contributed by atoms with Gasteiger partial charge in [-0.15, -0.1) is 0 Å². The fraction of sp³-hybridized carbons (Fsp3) is 0. The molecule has 28 rings (SSSR count). The van der Waals surface area contributed by atoms with E-state index in [4.69, 9.17) is 24.9 Å². The first kappa shape index (κ1) is 79.4. The van der Waals surface area contributed by atoms with Crippen molar-refractivity contribution in [1.29, 1.82) is 0 Å². The summed E-state index contributed by atoms with van der Waals surface area (Å²) in [4.78, 5) is 33.8. The molecule has 0 aliphatic rings. The second-order valence-electron chi connectivity index (χ2n) is 35.0. The van der Waals surface area contributed by atoms with Gasteiger partial charge in [0.05, 0.1) is 67.3 Å². The van der Waals surface area contributed by atoms with Gasteiger partial charge in [-0.3, -0.25) is 9.97 Å². The average molecular weight is 1750 g/mol. The highest BCUT2D eigenvalue weighted by atomic mass is 15.0. The Morgan fingerprint density at radius 1 is 0.153 bits per heavy atom. The van der Waals surface area contributed by atoms with Crippen molar-refractivity contribution in [2.75, 3.05) is 0 Å². The molecule has 0 amide bonds. The first-order valence-electron chi connectivity index (χ1n) is 46.4. The predicted molar refractivity (Wildman–Crippen MR) is 568 cm³/mol. The zero-order valence-electron chi connectivity index (χ0n) is 74.2. The summed E-state index contributed by atoms with van der Waals surface area (Å²) >= 11 is 0. The molecule has 28 aromatic rings. The molecule has 8 heterocycles. The van der Waals surface area contributed by atoms with Gasteiger partial charge in [0.25, 0.3) is 0 Å². The molecule has 0 N–H and O–H groups in total. The standard InChI is InChI=1S/C45H28N6.2C41H26N2/c1-3-33-11-12-34-4-2-6-40-42(34)41(33)39(5-1)51(40)38-19-17-37(18-20-38)45-49-43(35-13-7-29(8-14-35)31-21-25-46-26-22-31)48-44(50-45)36-15-9-30(10-16-36)32-23-27-47-28-24-32;1-3-11-27(12-4-1)35-25-31(26-36(42-35)28-13-5-2-6-14-28)32-23-24-37(34-18-8-7-17-33(32)34)43-38-19-9-15-29-21-22-30-16-10-20-39(43)41(30)40(29)38;1-3-11-27(12-4-1)31-25-35(28-13-5-2-6-14-28)42-36(26-31)33-23-24-37(34-18-8-7-17-32(33)34)43-38-19-9-15-29-21-22-30-16-10-20-39(43)41(30)40(29)38/h1-28H;2*1-26H. The first-order chi connectivity index (χ1) is 67.9. The first-order valence-corrected chi connectivity index (χ1v) is 46.4. The molecular formula is C127H80N10. The maximum atomic E-state index is 5.26. The Morgan fingerprint density at radius 3 is 0.788 bits per heavy atom. The summed E-state index contributed by atoms with van der Waals surface area (Å²) in [5, 5.41) is 20.4. The van der Waals surface area contributed by atoms with Crippen molar-refractivity contribution in [2.24, 2.45) is 0 Å². The molecule has 10 heteroatoms. The Labute approximate surface area is 789 Å². The third-order valence-electron chi connectivity index (χ3n) is 27.1. The van der Waals surface area contributed by atoms with Crippen LogP contribution >= 0.6 is 0 Å². The molecule has 0 fully saturated rings. The van der Waals surface area contributed by atoms with Crippen LogP contribution in [0.5, 0.6) is 0 Å². The largest absolute Gasteiger partial charge is 0.309 e. The Hall–Kier alpha value is -18.5. The van der Waals surface area contributed by atoms with Crippen molar-refractivity contribution >= 4 is 119 Å². The number of fused-ring (bicyclic) bond motifs is 2. The molecule has 20 aromatic carbocycles. The third kappa shape index (κ3) is 14.0. The molecule has 638 valence electrons. The highest BCUT2D eigenvalue weighted by Crippen LogP contribution is 2.47. The summed E-state index contributed by atoms with van der Waals surface area (Å²) in [7, 11) is 0. The van der Waals surface area contributed by atoms with Crippen molar-refractivity contribution in [3.05, 3.63) is 486 Å². The smallest absolute Gasteiger partial charge is 0.164 e. The van der Waals surface area contributed by atoms with Gasteiger partial charge in [0.1, 0.15) is 0 Å². The lowest BCUT2D eigenvalue weighted by Gasteiger charge is -2.16. The Bertz CT molecular complexity index is 8640. The number of hydrogen-bond donors (Lipinski definition) is 0. The maximum Gasteiger partial charge on any atom is 0.164 e. The molecule has 0 atom stereocenters. The molecule has 0 aliphatic heterocycles. The summed E-state index contributed by atoms with van der Waals surface area (Å²) in [6.45, 7) is 0. The van der Waals surface area contributed by atoms with E-state index in [1.54, 1.807) is 0 Å². The lowest BCUT2D eigenvalue weighted by molar-refractivity contribution is 1.07. The van der Waals surface area contributed by atoms with Crippen LogP contribution in [0.4, 0.5) is 0 Å². The van der Waals surface area contributed by atoms with Gasteiger partial charge in [0, 0.05) is 113 Å². The number of pyridine rings is 4. The normalized spacial score (nSPS) is 11.6. The molecular weight excluding hydrogens is 1670 g/mol. The van der Waals surface area contributed by atoms with Crippen LogP contribution in [0.15, 0.2) is 486 Å². The second-order valence-corrected chi connectivity index (χ2v) is 35.0. The maximum absolute atomic E-state index is 5.26. The molecule has 0 saturated heterocycles. The molecule has 0 radical (unpaired) electrons. The minimum absolute atomic E-state index is 0.617. The van der Waals surface area contributed by atoms with Crippen LogP contribution in [-0.4, -0.2) is 48.6 Å². The van der Waals surface area contributed by atoms with Crippen molar-refractivity contribution in [3.63, 3.8) is 0 Å². The lowest BCUT2D eigenvalue weighted by atomic mass is 9.94. The van der Waals surface area contributed by atoms with E-state index < -0.39 is 0 Å². The monoisotopic (exact) mass is 1740 g/mol. The molecule has 0 bridgehead atoms. The zero-order chi connectivity index (χ0) is 90.4. The van der Waals surface area contributed by atoms with Gasteiger partial charge >= 0.3 is 0 Å². The van der Waals surface area contributed by atoms with Crippen molar-refractivity contribution in [2.45, 2.75) is 0 Å². The van der Waals surface area contributed by atoms with Crippen LogP contribution < -0.4 is 0 Å². The Kier molecular flexibility index (Phi) is 19.4. The summed E-state index contributed by atoms with van der Waals surface area (Å²) in [6, 6.07) is 164. The molecule has 0 aliphatic carbocycles. The summed E-state index contributed by atoms with van der Waals surface area (Å²) in [5.41, 5.74) is 31.0. The van der Waals surface area contributed by atoms with Crippen molar-refractivity contribution < 1.29 is 0 Å². The topological polar surface area (TPSA) is 105 Å². The molecule has 0 saturated carbocycles. The average Bonchev–Trinajstić information content (AvgIpc) is 1.57. The molecule has 0 spiro atoms. The zero-order valence-corrected chi connectivity index (χ0v) is 74.2. The van der Waals surface area contributed by atoms with Crippen LogP contribution in [0, 0.1) is 0 Å². The second kappa shape index (κ2) is 33.4. The molecule has 8 aromatic heterocycles. The number of rotatable bonds is 14. The predicted octanol–water partition coefficient (Wildman–Crippen LogP) is 32.5. The van der Waals surface area contributed by atoms with Gasteiger partial charge < -0.3 is 13.7 Å². The SMILES string of the molecule is c1cc2ccc3cccc4c3c2c(c1)n4-c1ccc(-c2nc(-c3ccc(-c4ccncc4)cc3)nc(-c3ccc(-c4ccncc4)cc3)n2)cc1.c1ccc(-c2cc(-c3ccc(-n4c5cccc6ccc7cccc4c7c65)c4ccccc34)cc(-c3ccccc3)n2)cc1.c1ccc(-c2cc(-c3ccccc3)nc(-c3ccc(-n4c5cccc6ccc7cccc4c7c65)c4ccccc34)c2)cc1. The van der Waals surface area contributed by atoms with Crippen LogP contribution in [0.1, 0.15) is 0 Å². The van der Waals surface area contributed by atoms with Crippen LogP contribution in [0.2, 0.25) is 0 Å². The van der Waals surface area contributed by atoms with E-state index >= 15 is 0 Å². The molecule has 137 heavy (non-hydrogen) atoms. The number of nitrogens with zero attached hydrogens (tertiary/aromatic N) is 10. The van der Waals surface area contributed by atoms with E-state index in [0.29, 0.717) is 17.5 Å². The van der Waals surface area contributed by atoms with Gasteiger partial charge in [0.15, 0.2) is 17.5 Å². The quantitative estimate of drug-likeness (QED) is 0.0999.